The van der Waals surface area contributed by atoms with Crippen LogP contribution >= 0.6 is 11.3 Å². The predicted octanol–water partition coefficient (Wildman–Crippen LogP) is 4.49. The second-order valence-corrected chi connectivity index (χ2v) is 7.53. The number of thiazole rings is 1. The van der Waals surface area contributed by atoms with Crippen LogP contribution in [0.25, 0.3) is 11.3 Å². The fourth-order valence-corrected chi connectivity index (χ4v) is 4.67. The van der Waals surface area contributed by atoms with Crippen LogP contribution in [0.5, 0.6) is 0 Å². The highest BCUT2D eigenvalue weighted by atomic mass is 32.1. The van der Waals surface area contributed by atoms with E-state index in [1.165, 1.54) is 36.2 Å². The van der Waals surface area contributed by atoms with E-state index >= 15 is 0 Å². The van der Waals surface area contributed by atoms with Crippen molar-refractivity contribution in [1.82, 2.24) is 4.98 Å². The quantitative estimate of drug-likeness (QED) is 0.907. The van der Waals surface area contributed by atoms with Crippen LogP contribution in [0.3, 0.4) is 0 Å². The normalized spacial score (nSPS) is 26.3. The number of aryl methyl sites for hydroxylation is 1. The maximum Gasteiger partial charge on any atom is 0.229 e. The van der Waals surface area contributed by atoms with Crippen LogP contribution in [-0.4, -0.2) is 10.9 Å². The molecule has 1 amide bonds. The van der Waals surface area contributed by atoms with Gasteiger partial charge in [-0.3, -0.25) is 4.79 Å². The van der Waals surface area contributed by atoms with Crippen molar-refractivity contribution in [2.45, 2.75) is 32.6 Å². The number of anilines is 1. The van der Waals surface area contributed by atoms with Crippen molar-refractivity contribution in [3.63, 3.8) is 0 Å². The Labute approximate surface area is 134 Å². The zero-order valence-electron chi connectivity index (χ0n) is 12.7. The summed E-state index contributed by atoms with van der Waals surface area (Å²) in [6.45, 7) is 2.08. The van der Waals surface area contributed by atoms with Crippen LogP contribution in [0.15, 0.2) is 29.6 Å². The van der Waals surface area contributed by atoms with Gasteiger partial charge in [0.25, 0.3) is 0 Å². The van der Waals surface area contributed by atoms with Gasteiger partial charge < -0.3 is 5.32 Å². The fourth-order valence-electron chi connectivity index (χ4n) is 3.95. The lowest BCUT2D eigenvalue weighted by Crippen LogP contribution is -2.27. The standard InChI is InChI=1S/C18H20N2OS/c1-11-2-5-13(6-3-11)16-10-22-18(19-16)20-17(21)15-9-12-4-7-14(15)8-12/h2-3,5-6,10,12,14-15H,4,7-9H2,1H3,(H,19,20,21)/t12-,14-,15-/m1/s1. The second-order valence-electron chi connectivity index (χ2n) is 6.67. The molecule has 0 unspecified atom stereocenters. The third-order valence-corrected chi connectivity index (χ3v) is 5.91. The molecule has 0 spiro atoms. The van der Waals surface area contributed by atoms with Crippen LogP contribution in [0.2, 0.25) is 0 Å². The van der Waals surface area contributed by atoms with Gasteiger partial charge in [-0.2, -0.15) is 0 Å². The number of carbonyl (C=O) groups is 1. The maximum atomic E-state index is 12.5. The van der Waals surface area contributed by atoms with E-state index in [0.717, 1.165) is 28.7 Å². The Morgan fingerprint density at radius 2 is 2.05 bits per heavy atom. The van der Waals surface area contributed by atoms with Gasteiger partial charge in [-0.05, 0) is 38.0 Å². The summed E-state index contributed by atoms with van der Waals surface area (Å²) < 4.78 is 0. The minimum atomic E-state index is 0.178. The first-order chi connectivity index (χ1) is 10.7. The first-order valence-electron chi connectivity index (χ1n) is 8.02. The maximum absolute atomic E-state index is 12.5. The van der Waals surface area contributed by atoms with E-state index in [1.54, 1.807) is 0 Å². The van der Waals surface area contributed by atoms with Gasteiger partial charge in [0, 0.05) is 16.9 Å². The number of aromatic nitrogens is 1. The summed E-state index contributed by atoms with van der Waals surface area (Å²) in [4.78, 5) is 17.0. The topological polar surface area (TPSA) is 42.0 Å². The van der Waals surface area contributed by atoms with Crippen molar-refractivity contribution in [2.75, 3.05) is 5.32 Å². The van der Waals surface area contributed by atoms with Gasteiger partial charge >= 0.3 is 0 Å². The van der Waals surface area contributed by atoms with Crippen LogP contribution in [-0.2, 0) is 4.79 Å². The first kappa shape index (κ1) is 13.9. The molecule has 0 aliphatic heterocycles. The van der Waals surface area contributed by atoms with E-state index in [0.29, 0.717) is 5.92 Å². The highest BCUT2D eigenvalue weighted by Gasteiger charge is 2.43. The van der Waals surface area contributed by atoms with Gasteiger partial charge in [-0.15, -0.1) is 11.3 Å². The number of benzene rings is 1. The van der Waals surface area contributed by atoms with Crippen LogP contribution in [0, 0.1) is 24.7 Å². The highest BCUT2D eigenvalue weighted by Crippen LogP contribution is 2.48. The third-order valence-electron chi connectivity index (χ3n) is 5.16. The minimum absolute atomic E-state index is 0.178. The fraction of sp³-hybridized carbons (Fsp3) is 0.444. The van der Waals surface area contributed by atoms with Gasteiger partial charge in [0.1, 0.15) is 0 Å². The Kier molecular flexibility index (Phi) is 3.49. The number of hydrogen-bond donors (Lipinski definition) is 1. The van der Waals surface area contributed by atoms with Crippen molar-refractivity contribution in [2.24, 2.45) is 17.8 Å². The molecule has 0 radical (unpaired) electrons. The molecule has 2 aliphatic rings. The number of fused-ring (bicyclic) bond motifs is 2. The molecule has 3 atom stereocenters. The van der Waals surface area contributed by atoms with Gasteiger partial charge in [-0.1, -0.05) is 36.2 Å². The second kappa shape index (κ2) is 5.51. The summed E-state index contributed by atoms with van der Waals surface area (Å²) >= 11 is 1.51. The van der Waals surface area contributed by atoms with Crippen molar-refractivity contribution >= 4 is 22.4 Å². The summed E-state index contributed by atoms with van der Waals surface area (Å²) in [5.74, 6) is 1.80. The van der Waals surface area contributed by atoms with Crippen LogP contribution < -0.4 is 5.32 Å². The molecule has 1 aromatic heterocycles. The molecule has 1 heterocycles. The highest BCUT2D eigenvalue weighted by molar-refractivity contribution is 7.14. The van der Waals surface area contributed by atoms with Crippen molar-refractivity contribution in [3.8, 4) is 11.3 Å². The molecule has 2 aromatic rings. The van der Waals surface area contributed by atoms with Gasteiger partial charge in [0.2, 0.25) is 5.91 Å². The van der Waals surface area contributed by atoms with Gasteiger partial charge in [-0.25, -0.2) is 4.98 Å². The van der Waals surface area contributed by atoms with Gasteiger partial charge in [0.15, 0.2) is 5.13 Å². The third kappa shape index (κ3) is 2.56. The SMILES string of the molecule is Cc1ccc(-c2csc(NC(=O)[C@@H]3C[C@@H]4CC[C@@H]3C4)n2)cc1. The lowest BCUT2D eigenvalue weighted by Gasteiger charge is -2.19. The summed E-state index contributed by atoms with van der Waals surface area (Å²) in [6, 6.07) is 8.32. The number of nitrogens with one attached hydrogen (secondary N) is 1. The Morgan fingerprint density at radius 3 is 2.73 bits per heavy atom. The summed E-state index contributed by atoms with van der Waals surface area (Å²) in [7, 11) is 0. The number of nitrogens with zero attached hydrogens (tertiary/aromatic N) is 1. The summed E-state index contributed by atoms with van der Waals surface area (Å²) in [6.07, 6.45) is 4.88. The van der Waals surface area contributed by atoms with E-state index < -0.39 is 0 Å². The average Bonchev–Trinajstić information content (AvgIpc) is 3.24. The van der Waals surface area contributed by atoms with Crippen molar-refractivity contribution in [3.05, 3.63) is 35.2 Å². The molecular weight excluding hydrogens is 292 g/mol. The van der Waals surface area contributed by atoms with E-state index in [9.17, 15) is 4.79 Å². The van der Waals surface area contributed by atoms with Crippen molar-refractivity contribution < 1.29 is 4.79 Å². The largest absolute Gasteiger partial charge is 0.302 e. The molecular formula is C18H20N2OS. The average molecular weight is 312 g/mol. The predicted molar refractivity (Wildman–Crippen MR) is 89.9 cm³/mol. The minimum Gasteiger partial charge on any atom is -0.302 e. The molecule has 2 saturated carbocycles. The Morgan fingerprint density at radius 1 is 1.23 bits per heavy atom. The molecule has 3 nitrogen and oxygen atoms in total. The van der Waals surface area contributed by atoms with E-state index in [2.05, 4.69) is 41.5 Å². The number of hydrogen-bond acceptors (Lipinski definition) is 3. The Balaban J connectivity index is 1.45. The molecule has 4 rings (SSSR count). The van der Waals surface area contributed by atoms with E-state index in [4.69, 9.17) is 0 Å². The molecule has 2 bridgehead atoms. The number of carbonyl (C=O) groups excluding carboxylic acids is 1. The molecule has 2 aliphatic carbocycles. The Hall–Kier alpha value is -1.68. The molecule has 0 saturated heterocycles. The smallest absolute Gasteiger partial charge is 0.229 e. The summed E-state index contributed by atoms with van der Waals surface area (Å²) in [5, 5.41) is 5.78. The lowest BCUT2D eigenvalue weighted by atomic mass is 9.88. The molecule has 1 aromatic carbocycles. The van der Waals surface area contributed by atoms with Crippen LogP contribution in [0.4, 0.5) is 5.13 Å². The van der Waals surface area contributed by atoms with E-state index in [1.807, 2.05) is 5.38 Å². The number of amides is 1. The zero-order valence-corrected chi connectivity index (χ0v) is 13.5. The zero-order chi connectivity index (χ0) is 15.1. The summed E-state index contributed by atoms with van der Waals surface area (Å²) in [5.41, 5.74) is 3.28. The monoisotopic (exact) mass is 312 g/mol. The molecule has 22 heavy (non-hydrogen) atoms. The van der Waals surface area contributed by atoms with E-state index in [-0.39, 0.29) is 11.8 Å². The number of rotatable bonds is 3. The van der Waals surface area contributed by atoms with Crippen LogP contribution in [0.1, 0.15) is 31.2 Å². The van der Waals surface area contributed by atoms with Gasteiger partial charge in [0.05, 0.1) is 5.69 Å². The Bertz CT molecular complexity index is 691. The molecule has 4 heteroatoms. The first-order valence-corrected chi connectivity index (χ1v) is 8.90. The lowest BCUT2D eigenvalue weighted by molar-refractivity contribution is -0.121. The molecule has 2 fully saturated rings. The molecule has 1 N–H and O–H groups in total. The van der Waals surface area contributed by atoms with Crippen molar-refractivity contribution in [1.29, 1.82) is 0 Å². The molecule has 114 valence electrons.